The maximum absolute atomic E-state index is 12.8. The minimum atomic E-state index is -3.46. The fraction of sp³-hybridized carbons (Fsp3) is 0.308. The van der Waals surface area contributed by atoms with Gasteiger partial charge in [-0.25, -0.2) is 13.4 Å². The molecular weight excluding hydrogens is 466 g/mol. The number of carbonyl (C=O) groups excluding carboxylic acids is 1. The lowest BCUT2D eigenvalue weighted by Gasteiger charge is -2.25. The van der Waals surface area contributed by atoms with Crippen LogP contribution in [0.4, 0.5) is 5.69 Å². The average Bonchev–Trinajstić information content (AvgIpc) is 2.90. The van der Waals surface area contributed by atoms with Crippen LogP contribution in [-0.2, 0) is 21.2 Å². The van der Waals surface area contributed by atoms with E-state index >= 15 is 0 Å². The molecule has 0 unspecified atom stereocenters. The molecule has 1 amide bonds. The van der Waals surface area contributed by atoms with Gasteiger partial charge in [0.05, 0.1) is 12.0 Å². The van der Waals surface area contributed by atoms with Crippen molar-refractivity contribution in [2.45, 2.75) is 37.0 Å². The van der Waals surface area contributed by atoms with Crippen molar-refractivity contribution >= 4 is 21.6 Å². The molecule has 0 saturated carbocycles. The Morgan fingerprint density at radius 1 is 0.971 bits per heavy atom. The molecule has 0 aliphatic carbocycles. The number of benzene rings is 2. The van der Waals surface area contributed by atoms with Gasteiger partial charge in [-0.2, -0.15) is 4.31 Å². The average molecular weight is 496 g/mol. The van der Waals surface area contributed by atoms with E-state index in [0.717, 1.165) is 24.8 Å². The molecule has 1 aliphatic heterocycles. The zero-order valence-electron chi connectivity index (χ0n) is 19.6. The second-order valence-electron chi connectivity index (χ2n) is 8.29. The first kappa shape index (κ1) is 24.7. The van der Waals surface area contributed by atoms with E-state index < -0.39 is 10.0 Å². The van der Waals surface area contributed by atoms with Gasteiger partial charge in [-0.1, -0.05) is 18.6 Å². The summed E-state index contributed by atoms with van der Waals surface area (Å²) in [4.78, 5) is 17.1. The van der Waals surface area contributed by atoms with E-state index in [-0.39, 0.29) is 12.3 Å². The highest BCUT2D eigenvalue weighted by atomic mass is 32.2. The maximum atomic E-state index is 12.8. The van der Waals surface area contributed by atoms with Crippen LogP contribution in [0.15, 0.2) is 71.8 Å². The number of amides is 1. The molecule has 0 bridgehead atoms. The van der Waals surface area contributed by atoms with E-state index in [1.165, 1.54) is 0 Å². The van der Waals surface area contributed by atoms with Crippen molar-refractivity contribution < 1.29 is 22.7 Å². The summed E-state index contributed by atoms with van der Waals surface area (Å²) in [6, 6.07) is 17.3. The van der Waals surface area contributed by atoms with E-state index in [9.17, 15) is 13.2 Å². The molecule has 2 heterocycles. The Hall–Kier alpha value is -3.43. The van der Waals surface area contributed by atoms with Crippen LogP contribution in [0, 0.1) is 0 Å². The first-order valence-electron chi connectivity index (χ1n) is 11.6. The van der Waals surface area contributed by atoms with Gasteiger partial charge in [0.25, 0.3) is 0 Å². The monoisotopic (exact) mass is 495 g/mol. The van der Waals surface area contributed by atoms with Gasteiger partial charge in [-0.05, 0) is 73.4 Å². The highest BCUT2D eigenvalue weighted by molar-refractivity contribution is 7.89. The smallest absolute Gasteiger partial charge is 0.243 e. The quantitative estimate of drug-likeness (QED) is 0.465. The summed E-state index contributed by atoms with van der Waals surface area (Å²) in [6.45, 7) is 1.14. The number of hydrogen-bond donors (Lipinski definition) is 1. The summed E-state index contributed by atoms with van der Waals surface area (Å²) in [5, 5.41) is 2.85. The standard InChI is InChI=1S/C26H29N3O5S/c1-33-21-10-12-22(13-11-21)34-26-24(6-5-17-27-26)28-25(30)16-9-20-7-14-23(15-8-20)35(31,32)29-18-3-2-4-19-29/h5-8,10-15,17H,2-4,9,16,18-19H2,1H3,(H,28,30). The van der Waals surface area contributed by atoms with Gasteiger partial charge in [-0.15, -0.1) is 0 Å². The van der Waals surface area contributed by atoms with Crippen LogP contribution >= 0.6 is 0 Å². The number of nitrogens with one attached hydrogen (secondary N) is 1. The summed E-state index contributed by atoms with van der Waals surface area (Å²) < 4.78 is 38.1. The number of nitrogens with zero attached hydrogens (tertiary/aromatic N) is 2. The Morgan fingerprint density at radius 2 is 1.66 bits per heavy atom. The number of aryl methyl sites for hydroxylation is 1. The molecule has 1 fully saturated rings. The van der Waals surface area contributed by atoms with Crippen molar-refractivity contribution in [1.82, 2.24) is 9.29 Å². The second-order valence-corrected chi connectivity index (χ2v) is 10.2. The Kier molecular flexibility index (Phi) is 7.99. The lowest BCUT2D eigenvalue weighted by Crippen LogP contribution is -2.35. The number of anilines is 1. The third kappa shape index (κ3) is 6.37. The first-order valence-corrected chi connectivity index (χ1v) is 13.1. The molecule has 9 heteroatoms. The van der Waals surface area contributed by atoms with Crippen molar-refractivity contribution in [2.24, 2.45) is 0 Å². The minimum Gasteiger partial charge on any atom is -0.497 e. The molecule has 0 spiro atoms. The Bertz CT molecular complexity index is 1240. The topological polar surface area (TPSA) is 97.8 Å². The SMILES string of the molecule is COc1ccc(Oc2ncccc2NC(=O)CCc2ccc(S(=O)(=O)N3CCCCC3)cc2)cc1. The molecule has 0 radical (unpaired) electrons. The van der Waals surface area contributed by atoms with E-state index in [4.69, 9.17) is 9.47 Å². The molecule has 0 atom stereocenters. The lowest BCUT2D eigenvalue weighted by atomic mass is 10.1. The fourth-order valence-electron chi connectivity index (χ4n) is 3.88. The Morgan fingerprint density at radius 3 is 2.34 bits per heavy atom. The van der Waals surface area contributed by atoms with Crippen LogP contribution in [0.5, 0.6) is 17.4 Å². The molecule has 35 heavy (non-hydrogen) atoms. The third-order valence-electron chi connectivity index (χ3n) is 5.84. The van der Waals surface area contributed by atoms with Crippen molar-refractivity contribution in [3.63, 3.8) is 0 Å². The summed E-state index contributed by atoms with van der Waals surface area (Å²) in [7, 11) is -1.87. The van der Waals surface area contributed by atoms with Crippen molar-refractivity contribution in [3.8, 4) is 17.4 Å². The Labute approximate surface area is 206 Å². The van der Waals surface area contributed by atoms with Gasteiger partial charge < -0.3 is 14.8 Å². The number of ether oxygens (including phenoxy) is 2. The number of aromatic nitrogens is 1. The van der Waals surface area contributed by atoms with Gasteiger partial charge in [0.1, 0.15) is 17.2 Å². The Balaban J connectivity index is 1.34. The number of carbonyl (C=O) groups is 1. The number of pyridine rings is 1. The number of methoxy groups -OCH3 is 1. The van der Waals surface area contributed by atoms with Crippen LogP contribution in [0.2, 0.25) is 0 Å². The van der Waals surface area contributed by atoms with Gasteiger partial charge in [-0.3, -0.25) is 4.79 Å². The van der Waals surface area contributed by atoms with Crippen LogP contribution < -0.4 is 14.8 Å². The summed E-state index contributed by atoms with van der Waals surface area (Å²) >= 11 is 0. The predicted octanol–water partition coefficient (Wildman–Crippen LogP) is 4.63. The van der Waals surface area contributed by atoms with E-state index in [1.54, 1.807) is 78.3 Å². The third-order valence-corrected chi connectivity index (χ3v) is 7.75. The fourth-order valence-corrected chi connectivity index (χ4v) is 5.39. The zero-order valence-corrected chi connectivity index (χ0v) is 20.5. The normalized spacial score (nSPS) is 14.3. The van der Waals surface area contributed by atoms with E-state index in [1.807, 2.05) is 0 Å². The number of rotatable bonds is 9. The maximum Gasteiger partial charge on any atom is 0.243 e. The number of piperidine rings is 1. The van der Waals surface area contributed by atoms with E-state index in [0.29, 0.717) is 47.5 Å². The molecule has 2 aromatic carbocycles. The number of sulfonamides is 1. The van der Waals surface area contributed by atoms with E-state index in [2.05, 4.69) is 10.3 Å². The van der Waals surface area contributed by atoms with Crippen molar-refractivity contribution in [3.05, 3.63) is 72.4 Å². The second kappa shape index (κ2) is 11.3. The summed E-state index contributed by atoms with van der Waals surface area (Å²) in [5.74, 6) is 1.38. The zero-order chi connectivity index (χ0) is 24.7. The van der Waals surface area contributed by atoms with Gasteiger partial charge >= 0.3 is 0 Å². The molecule has 184 valence electrons. The van der Waals surface area contributed by atoms with Crippen molar-refractivity contribution in [1.29, 1.82) is 0 Å². The van der Waals surface area contributed by atoms with Crippen molar-refractivity contribution in [2.75, 3.05) is 25.5 Å². The highest BCUT2D eigenvalue weighted by Crippen LogP contribution is 2.28. The largest absolute Gasteiger partial charge is 0.497 e. The molecule has 1 N–H and O–H groups in total. The van der Waals surface area contributed by atoms with Crippen LogP contribution in [0.3, 0.4) is 0 Å². The molecule has 1 aromatic heterocycles. The minimum absolute atomic E-state index is 0.192. The van der Waals surface area contributed by atoms with Gasteiger partial charge in [0.2, 0.25) is 21.8 Å². The molecule has 1 aliphatic rings. The van der Waals surface area contributed by atoms with Gasteiger partial charge in [0, 0.05) is 25.7 Å². The molecule has 1 saturated heterocycles. The number of hydrogen-bond acceptors (Lipinski definition) is 6. The molecule has 4 rings (SSSR count). The predicted molar refractivity (Wildman–Crippen MR) is 133 cm³/mol. The molecule has 3 aromatic rings. The van der Waals surface area contributed by atoms with Gasteiger partial charge in [0.15, 0.2) is 0 Å². The highest BCUT2D eigenvalue weighted by Gasteiger charge is 2.25. The first-order chi connectivity index (χ1) is 17.0. The van der Waals surface area contributed by atoms with Crippen LogP contribution in [0.25, 0.3) is 0 Å². The summed E-state index contributed by atoms with van der Waals surface area (Å²) in [5.41, 5.74) is 1.36. The molecule has 8 nitrogen and oxygen atoms in total. The summed E-state index contributed by atoms with van der Waals surface area (Å²) in [6.07, 6.45) is 5.17. The molecular formula is C26H29N3O5S. The van der Waals surface area contributed by atoms with Crippen LogP contribution in [-0.4, -0.2) is 43.8 Å². The van der Waals surface area contributed by atoms with Crippen LogP contribution in [0.1, 0.15) is 31.2 Å². The lowest BCUT2D eigenvalue weighted by molar-refractivity contribution is -0.116.